The number of sulfonamides is 1. The zero-order valence-corrected chi connectivity index (χ0v) is 13.6. The van der Waals surface area contributed by atoms with Crippen molar-refractivity contribution in [1.29, 1.82) is 0 Å². The molecule has 0 spiro atoms. The van der Waals surface area contributed by atoms with Crippen LogP contribution in [0.5, 0.6) is 0 Å². The van der Waals surface area contributed by atoms with Crippen LogP contribution in [-0.4, -0.2) is 25.4 Å². The first-order chi connectivity index (χ1) is 10.4. The van der Waals surface area contributed by atoms with Crippen molar-refractivity contribution in [3.05, 3.63) is 53.3 Å². The number of imidazole rings is 1. The summed E-state index contributed by atoms with van der Waals surface area (Å²) in [6.07, 6.45) is 0. The molecule has 0 radical (unpaired) electrons. The molecule has 0 atom stereocenters. The molecular formula is C15H14ClN3O2S. The second-order valence-corrected chi connectivity index (χ2v) is 7.36. The highest BCUT2D eigenvalue weighted by Crippen LogP contribution is 2.25. The molecule has 0 aliphatic carbocycles. The van der Waals surface area contributed by atoms with E-state index in [-0.39, 0.29) is 4.90 Å². The molecule has 114 valence electrons. The van der Waals surface area contributed by atoms with Crippen LogP contribution in [0.4, 0.5) is 5.69 Å². The monoisotopic (exact) mass is 335 g/mol. The van der Waals surface area contributed by atoms with Gasteiger partial charge in [-0.25, -0.2) is 13.4 Å². The number of hydrogen-bond donors (Lipinski definition) is 1. The zero-order valence-electron chi connectivity index (χ0n) is 12.0. The van der Waals surface area contributed by atoms with Gasteiger partial charge in [0.15, 0.2) is 0 Å². The predicted octanol–water partition coefficient (Wildman–Crippen LogP) is 3.35. The largest absolute Gasteiger partial charge is 0.342 e. The van der Waals surface area contributed by atoms with Crippen molar-refractivity contribution in [1.82, 2.24) is 9.97 Å². The fourth-order valence-electron chi connectivity index (χ4n) is 2.22. The number of rotatable bonds is 3. The van der Waals surface area contributed by atoms with E-state index in [4.69, 9.17) is 11.6 Å². The smallest absolute Gasteiger partial charge is 0.264 e. The maximum absolute atomic E-state index is 12.6. The average Bonchev–Trinajstić information content (AvgIpc) is 2.86. The van der Waals surface area contributed by atoms with Gasteiger partial charge in [0.05, 0.1) is 21.6 Å². The Morgan fingerprint density at radius 3 is 2.50 bits per heavy atom. The van der Waals surface area contributed by atoms with Crippen molar-refractivity contribution >= 4 is 38.3 Å². The van der Waals surface area contributed by atoms with Gasteiger partial charge in [0.1, 0.15) is 5.82 Å². The van der Waals surface area contributed by atoms with Crippen molar-refractivity contribution in [3.8, 4) is 0 Å². The second kappa shape index (κ2) is 5.30. The van der Waals surface area contributed by atoms with Gasteiger partial charge in [0.25, 0.3) is 10.0 Å². The van der Waals surface area contributed by atoms with Gasteiger partial charge in [-0.15, -0.1) is 0 Å². The maximum atomic E-state index is 12.6. The number of H-pyrrole nitrogens is 1. The topological polar surface area (TPSA) is 66.1 Å². The van der Waals surface area contributed by atoms with Crippen LogP contribution >= 0.6 is 11.6 Å². The van der Waals surface area contributed by atoms with Gasteiger partial charge < -0.3 is 4.98 Å². The first-order valence-corrected chi connectivity index (χ1v) is 8.40. The molecule has 3 aromatic rings. The van der Waals surface area contributed by atoms with Gasteiger partial charge in [-0.1, -0.05) is 11.6 Å². The molecule has 1 N–H and O–H groups in total. The van der Waals surface area contributed by atoms with Crippen molar-refractivity contribution in [2.24, 2.45) is 0 Å². The number of aromatic nitrogens is 2. The summed E-state index contributed by atoms with van der Waals surface area (Å²) in [5.41, 5.74) is 2.16. The van der Waals surface area contributed by atoms with Crippen LogP contribution in [0.3, 0.4) is 0 Å². The lowest BCUT2D eigenvalue weighted by Gasteiger charge is -2.19. The number of hydrogen-bond acceptors (Lipinski definition) is 3. The summed E-state index contributed by atoms with van der Waals surface area (Å²) in [7, 11) is -2.11. The van der Waals surface area contributed by atoms with Crippen LogP contribution in [0.2, 0.25) is 5.02 Å². The number of nitrogens with one attached hydrogen (secondary N) is 1. The number of fused-ring (bicyclic) bond motifs is 1. The lowest BCUT2D eigenvalue weighted by Crippen LogP contribution is -2.26. The molecule has 0 fully saturated rings. The highest BCUT2D eigenvalue weighted by molar-refractivity contribution is 7.92. The highest BCUT2D eigenvalue weighted by Gasteiger charge is 2.21. The lowest BCUT2D eigenvalue weighted by molar-refractivity contribution is 0.594. The van der Waals surface area contributed by atoms with E-state index in [0.717, 1.165) is 16.9 Å². The molecule has 0 aliphatic rings. The fourth-order valence-corrected chi connectivity index (χ4v) is 3.54. The van der Waals surface area contributed by atoms with Crippen molar-refractivity contribution < 1.29 is 8.42 Å². The van der Waals surface area contributed by atoms with Crippen LogP contribution in [0.15, 0.2) is 47.4 Å². The molecule has 0 aliphatic heterocycles. The third-order valence-electron chi connectivity index (χ3n) is 3.42. The Balaban J connectivity index is 2.03. The fraction of sp³-hybridized carbons (Fsp3) is 0.133. The molecule has 22 heavy (non-hydrogen) atoms. The van der Waals surface area contributed by atoms with Crippen molar-refractivity contribution in [2.75, 3.05) is 11.4 Å². The number of aromatic amines is 1. The minimum Gasteiger partial charge on any atom is -0.342 e. The Morgan fingerprint density at radius 2 is 1.82 bits per heavy atom. The number of anilines is 1. The Morgan fingerprint density at radius 1 is 1.14 bits per heavy atom. The van der Waals surface area contributed by atoms with Gasteiger partial charge in [-0.3, -0.25) is 4.31 Å². The number of nitrogens with zero attached hydrogens (tertiary/aromatic N) is 2. The third kappa shape index (κ3) is 2.55. The quantitative estimate of drug-likeness (QED) is 0.798. The molecular weight excluding hydrogens is 322 g/mol. The minimum absolute atomic E-state index is 0.195. The van der Waals surface area contributed by atoms with E-state index in [0.29, 0.717) is 10.7 Å². The summed E-state index contributed by atoms with van der Waals surface area (Å²) in [5, 5.41) is 0.496. The van der Waals surface area contributed by atoms with E-state index in [1.807, 2.05) is 6.92 Å². The van der Waals surface area contributed by atoms with E-state index in [2.05, 4.69) is 9.97 Å². The highest BCUT2D eigenvalue weighted by atomic mass is 35.5. The van der Waals surface area contributed by atoms with Gasteiger partial charge in [0.2, 0.25) is 0 Å². The molecule has 0 amide bonds. The van der Waals surface area contributed by atoms with E-state index in [9.17, 15) is 8.42 Å². The number of aryl methyl sites for hydroxylation is 1. The molecule has 1 heterocycles. The standard InChI is InChI=1S/C15H14ClN3O2S/c1-10-17-14-8-5-12(9-15(14)18-10)19(2)22(20,21)13-6-3-11(16)4-7-13/h3-9H,1-2H3,(H,17,18). The van der Waals surface area contributed by atoms with Crippen LogP contribution in [0.1, 0.15) is 5.82 Å². The van der Waals surface area contributed by atoms with Crippen LogP contribution in [0, 0.1) is 6.92 Å². The Hall–Kier alpha value is -2.05. The molecule has 0 bridgehead atoms. The normalized spacial score (nSPS) is 11.8. The minimum atomic E-state index is -3.63. The molecule has 3 rings (SSSR count). The average molecular weight is 336 g/mol. The molecule has 5 nitrogen and oxygen atoms in total. The second-order valence-electron chi connectivity index (χ2n) is 4.95. The molecule has 0 saturated heterocycles. The lowest BCUT2D eigenvalue weighted by atomic mass is 10.3. The number of halogens is 1. The summed E-state index contributed by atoms with van der Waals surface area (Å²) < 4.78 is 26.5. The van der Waals surface area contributed by atoms with Gasteiger partial charge >= 0.3 is 0 Å². The molecule has 7 heteroatoms. The molecule has 1 aromatic heterocycles. The van der Waals surface area contributed by atoms with Crippen LogP contribution in [0.25, 0.3) is 11.0 Å². The van der Waals surface area contributed by atoms with Gasteiger partial charge in [-0.05, 0) is 49.4 Å². The van der Waals surface area contributed by atoms with Crippen molar-refractivity contribution in [3.63, 3.8) is 0 Å². The summed E-state index contributed by atoms with van der Waals surface area (Å²) in [6, 6.07) is 11.4. The first kappa shape index (κ1) is 14.9. The molecule has 2 aromatic carbocycles. The Labute approximate surface area is 133 Å². The van der Waals surface area contributed by atoms with E-state index >= 15 is 0 Å². The van der Waals surface area contributed by atoms with E-state index in [1.165, 1.54) is 23.5 Å². The third-order valence-corrected chi connectivity index (χ3v) is 5.47. The van der Waals surface area contributed by atoms with Gasteiger partial charge in [-0.2, -0.15) is 0 Å². The Kier molecular flexibility index (Phi) is 3.58. The zero-order chi connectivity index (χ0) is 15.9. The Bertz CT molecular complexity index is 933. The molecule has 0 unspecified atom stereocenters. The predicted molar refractivity (Wildman–Crippen MR) is 87.9 cm³/mol. The SMILES string of the molecule is Cc1nc2ccc(N(C)S(=O)(=O)c3ccc(Cl)cc3)cc2[nH]1. The van der Waals surface area contributed by atoms with Crippen LogP contribution in [-0.2, 0) is 10.0 Å². The summed E-state index contributed by atoms with van der Waals surface area (Å²) >= 11 is 5.81. The van der Waals surface area contributed by atoms with E-state index < -0.39 is 10.0 Å². The maximum Gasteiger partial charge on any atom is 0.264 e. The summed E-state index contributed by atoms with van der Waals surface area (Å²) in [4.78, 5) is 7.60. The summed E-state index contributed by atoms with van der Waals surface area (Å²) in [6.45, 7) is 1.86. The van der Waals surface area contributed by atoms with E-state index in [1.54, 1.807) is 30.3 Å². The number of benzene rings is 2. The summed E-state index contributed by atoms with van der Waals surface area (Å²) in [5.74, 6) is 0.787. The van der Waals surface area contributed by atoms with Gasteiger partial charge in [0, 0.05) is 12.1 Å². The first-order valence-electron chi connectivity index (χ1n) is 6.59. The molecule has 0 saturated carbocycles. The van der Waals surface area contributed by atoms with Crippen molar-refractivity contribution in [2.45, 2.75) is 11.8 Å². The van der Waals surface area contributed by atoms with Crippen LogP contribution < -0.4 is 4.31 Å².